The fourth-order valence-corrected chi connectivity index (χ4v) is 1.91. The van der Waals surface area contributed by atoms with Crippen molar-refractivity contribution in [2.24, 2.45) is 0 Å². The molecule has 0 aliphatic carbocycles. The molecule has 0 aromatic heterocycles. The van der Waals surface area contributed by atoms with Crippen molar-refractivity contribution in [1.29, 1.82) is 0 Å². The Hall–Kier alpha value is -1.62. The highest BCUT2D eigenvalue weighted by molar-refractivity contribution is 5.67. The van der Waals surface area contributed by atoms with Gasteiger partial charge in [0.15, 0.2) is 0 Å². The molecule has 0 aliphatic rings. The van der Waals surface area contributed by atoms with Gasteiger partial charge in [-0.05, 0) is 38.5 Å². The van der Waals surface area contributed by atoms with Gasteiger partial charge >= 0.3 is 6.09 Å². The van der Waals surface area contributed by atoms with Gasteiger partial charge in [-0.1, -0.05) is 12.1 Å². The fraction of sp³-hybridized carbons (Fsp3) is 0.462. The summed E-state index contributed by atoms with van der Waals surface area (Å²) in [6.45, 7) is 4.88. The lowest BCUT2D eigenvalue weighted by atomic mass is 9.99. The van der Waals surface area contributed by atoms with Crippen molar-refractivity contribution in [2.75, 3.05) is 6.61 Å². The highest BCUT2D eigenvalue weighted by atomic mass is 19.1. The molecule has 0 bridgehead atoms. The molecule has 0 saturated carbocycles. The third kappa shape index (κ3) is 3.20. The van der Waals surface area contributed by atoms with Gasteiger partial charge in [0.05, 0.1) is 12.6 Å². The van der Waals surface area contributed by atoms with Crippen LogP contribution in [0.25, 0.3) is 0 Å². The van der Waals surface area contributed by atoms with E-state index in [1.54, 1.807) is 20.8 Å². The van der Waals surface area contributed by atoms with E-state index in [2.05, 4.69) is 0 Å². The summed E-state index contributed by atoms with van der Waals surface area (Å²) < 4.78 is 12.9. The number of aliphatic hydroxyl groups is 1. The normalized spacial score (nSPS) is 13.2. The van der Waals surface area contributed by atoms with E-state index in [1.165, 1.54) is 29.2 Å². The van der Waals surface area contributed by atoms with Crippen molar-refractivity contribution >= 4 is 6.09 Å². The molecule has 4 nitrogen and oxygen atoms in total. The molecule has 1 aromatic rings. The minimum atomic E-state index is -1.12. The molecular formula is C13H18FNO3. The third-order valence-electron chi connectivity index (χ3n) is 2.67. The van der Waals surface area contributed by atoms with Gasteiger partial charge in [-0.25, -0.2) is 9.18 Å². The smallest absolute Gasteiger partial charge is 0.408 e. The molecule has 1 amide bonds. The van der Waals surface area contributed by atoms with E-state index in [0.717, 1.165) is 0 Å². The average molecular weight is 255 g/mol. The molecule has 2 N–H and O–H groups in total. The summed E-state index contributed by atoms with van der Waals surface area (Å²) in [5.41, 5.74) is -0.0932. The number of nitrogens with zero attached hydrogens (tertiary/aromatic N) is 1. The second-order valence-electron chi connectivity index (χ2n) is 5.07. The van der Waals surface area contributed by atoms with E-state index in [-0.39, 0.29) is 6.61 Å². The highest BCUT2D eigenvalue weighted by Crippen LogP contribution is 2.28. The minimum Gasteiger partial charge on any atom is -0.465 e. The lowest BCUT2D eigenvalue weighted by Gasteiger charge is -2.39. The Labute approximate surface area is 106 Å². The van der Waals surface area contributed by atoms with Crippen LogP contribution in [0.15, 0.2) is 24.3 Å². The molecule has 0 fully saturated rings. The third-order valence-corrected chi connectivity index (χ3v) is 2.67. The van der Waals surface area contributed by atoms with E-state index in [0.29, 0.717) is 5.56 Å². The number of halogens is 1. The monoisotopic (exact) mass is 255 g/mol. The number of carbonyl (C=O) groups is 1. The minimum absolute atomic E-state index is 0.352. The van der Waals surface area contributed by atoms with Gasteiger partial charge in [0.25, 0.3) is 0 Å². The quantitative estimate of drug-likeness (QED) is 0.872. The predicted octanol–water partition coefficient (Wildman–Crippen LogP) is 2.64. The maximum Gasteiger partial charge on any atom is 0.408 e. The lowest BCUT2D eigenvalue weighted by molar-refractivity contribution is 0.0458. The summed E-state index contributed by atoms with van der Waals surface area (Å²) in [6, 6.07) is 4.76. The van der Waals surface area contributed by atoms with Gasteiger partial charge in [0, 0.05) is 5.54 Å². The molecule has 0 saturated heterocycles. The number of aliphatic hydroxyl groups excluding tert-OH is 1. The summed E-state index contributed by atoms with van der Waals surface area (Å²) in [5.74, 6) is -0.395. The topological polar surface area (TPSA) is 60.8 Å². The van der Waals surface area contributed by atoms with Crippen LogP contribution in [0.3, 0.4) is 0 Å². The van der Waals surface area contributed by atoms with Gasteiger partial charge in [0.2, 0.25) is 0 Å². The Balaban J connectivity index is 3.14. The van der Waals surface area contributed by atoms with E-state index in [9.17, 15) is 19.4 Å². The molecule has 0 radical (unpaired) electrons. The molecule has 5 heteroatoms. The Morgan fingerprint density at radius 1 is 1.33 bits per heavy atom. The Bertz CT molecular complexity index is 411. The molecule has 1 atom stereocenters. The maximum absolute atomic E-state index is 12.9. The SMILES string of the molecule is CC(C)(C)N(C(=O)O)C(CO)c1ccc(F)cc1. The summed E-state index contributed by atoms with van der Waals surface area (Å²) in [5, 5.41) is 18.7. The largest absolute Gasteiger partial charge is 0.465 e. The van der Waals surface area contributed by atoms with E-state index >= 15 is 0 Å². The molecule has 0 spiro atoms. The molecule has 18 heavy (non-hydrogen) atoms. The molecule has 0 aliphatic heterocycles. The first-order chi connectivity index (χ1) is 8.27. The first-order valence-corrected chi connectivity index (χ1v) is 5.66. The number of rotatable bonds is 3. The van der Waals surface area contributed by atoms with Crippen LogP contribution in [0.5, 0.6) is 0 Å². The molecular weight excluding hydrogens is 237 g/mol. The van der Waals surface area contributed by atoms with Crippen LogP contribution in [0.4, 0.5) is 9.18 Å². The standard InChI is InChI=1S/C13H18FNO3/c1-13(2,3)15(12(17)18)11(8-16)9-4-6-10(14)7-5-9/h4-7,11,16H,8H2,1-3H3,(H,17,18). The van der Waals surface area contributed by atoms with E-state index < -0.39 is 23.5 Å². The lowest BCUT2D eigenvalue weighted by Crippen LogP contribution is -2.48. The summed E-state index contributed by atoms with van der Waals surface area (Å²) >= 11 is 0. The number of carboxylic acid groups (broad SMARTS) is 1. The number of benzene rings is 1. The molecule has 1 unspecified atom stereocenters. The predicted molar refractivity (Wildman–Crippen MR) is 65.8 cm³/mol. The van der Waals surface area contributed by atoms with E-state index in [1.807, 2.05) is 0 Å². The second-order valence-corrected chi connectivity index (χ2v) is 5.07. The summed E-state index contributed by atoms with van der Waals surface area (Å²) in [6.07, 6.45) is -1.12. The molecule has 0 heterocycles. The molecule has 100 valence electrons. The highest BCUT2D eigenvalue weighted by Gasteiger charge is 2.33. The van der Waals surface area contributed by atoms with Crippen LogP contribution >= 0.6 is 0 Å². The Kier molecular flexibility index (Phi) is 4.29. The molecule has 1 aromatic carbocycles. The van der Waals surface area contributed by atoms with Crippen LogP contribution in [0.2, 0.25) is 0 Å². The fourth-order valence-electron chi connectivity index (χ4n) is 1.91. The van der Waals surface area contributed by atoms with Gasteiger partial charge in [-0.2, -0.15) is 0 Å². The number of hydrogen-bond acceptors (Lipinski definition) is 2. The Morgan fingerprint density at radius 3 is 2.17 bits per heavy atom. The number of hydrogen-bond donors (Lipinski definition) is 2. The average Bonchev–Trinajstić information content (AvgIpc) is 2.24. The van der Waals surface area contributed by atoms with Crippen molar-refractivity contribution in [3.8, 4) is 0 Å². The number of amides is 1. The van der Waals surface area contributed by atoms with Gasteiger partial charge in [-0.3, -0.25) is 4.90 Å². The first kappa shape index (κ1) is 14.4. The van der Waals surface area contributed by atoms with Gasteiger partial charge < -0.3 is 10.2 Å². The van der Waals surface area contributed by atoms with Crippen molar-refractivity contribution in [3.05, 3.63) is 35.6 Å². The Morgan fingerprint density at radius 2 is 1.83 bits per heavy atom. The summed E-state index contributed by atoms with van der Waals surface area (Å²) in [4.78, 5) is 12.5. The van der Waals surface area contributed by atoms with Crippen LogP contribution < -0.4 is 0 Å². The van der Waals surface area contributed by atoms with Crippen molar-refractivity contribution in [3.63, 3.8) is 0 Å². The van der Waals surface area contributed by atoms with Crippen molar-refractivity contribution in [1.82, 2.24) is 4.90 Å². The van der Waals surface area contributed by atoms with Crippen LogP contribution in [-0.2, 0) is 0 Å². The van der Waals surface area contributed by atoms with Crippen molar-refractivity contribution in [2.45, 2.75) is 32.4 Å². The van der Waals surface area contributed by atoms with Crippen LogP contribution in [-0.4, -0.2) is 33.4 Å². The van der Waals surface area contributed by atoms with Crippen LogP contribution in [0.1, 0.15) is 32.4 Å². The second kappa shape index (κ2) is 5.35. The van der Waals surface area contributed by atoms with Crippen LogP contribution in [0, 0.1) is 5.82 Å². The molecule has 1 rings (SSSR count). The summed E-state index contributed by atoms with van der Waals surface area (Å²) in [7, 11) is 0. The maximum atomic E-state index is 12.9. The van der Waals surface area contributed by atoms with E-state index in [4.69, 9.17) is 0 Å². The van der Waals surface area contributed by atoms with Gasteiger partial charge in [0.1, 0.15) is 5.82 Å². The van der Waals surface area contributed by atoms with Crippen molar-refractivity contribution < 1.29 is 19.4 Å². The van der Waals surface area contributed by atoms with Gasteiger partial charge in [-0.15, -0.1) is 0 Å². The zero-order chi connectivity index (χ0) is 13.9. The first-order valence-electron chi connectivity index (χ1n) is 5.66. The zero-order valence-electron chi connectivity index (χ0n) is 10.7. The zero-order valence-corrected chi connectivity index (χ0v) is 10.7.